The van der Waals surface area contributed by atoms with Gasteiger partial charge in [-0.15, -0.1) is 11.3 Å². The molecule has 2 N–H and O–H groups in total. The summed E-state index contributed by atoms with van der Waals surface area (Å²) in [5.41, 5.74) is 1.65. The van der Waals surface area contributed by atoms with Crippen molar-refractivity contribution >= 4 is 60.2 Å². The molecule has 0 saturated carbocycles. The van der Waals surface area contributed by atoms with Crippen LogP contribution in [-0.4, -0.2) is 22.0 Å². The summed E-state index contributed by atoms with van der Waals surface area (Å²) in [6.07, 6.45) is 0. The molecule has 3 heterocycles. The minimum Gasteiger partial charge on any atom is -0.373 e. The molecule has 0 unspecified atom stereocenters. The summed E-state index contributed by atoms with van der Waals surface area (Å²) in [7, 11) is 1.84. The Morgan fingerprint density at radius 1 is 1.28 bits per heavy atom. The van der Waals surface area contributed by atoms with Crippen LogP contribution < -0.4 is 5.32 Å². The Bertz CT molecular complexity index is 699. The Hall–Kier alpha value is -0.920. The number of nitrogens with one attached hydrogen (secondary N) is 2. The molecule has 0 fully saturated rings. The van der Waals surface area contributed by atoms with E-state index in [9.17, 15) is 0 Å². The molecule has 0 saturated heterocycles. The highest BCUT2D eigenvalue weighted by Gasteiger charge is 2.11. The summed E-state index contributed by atoms with van der Waals surface area (Å²) >= 11 is 8.59. The first-order chi connectivity index (χ1) is 8.67. The lowest BCUT2D eigenvalue weighted by Crippen LogP contribution is -1.91. The number of aromatic amines is 1. The van der Waals surface area contributed by atoms with Crippen molar-refractivity contribution in [2.24, 2.45) is 0 Å². The quantitative estimate of drug-likeness (QED) is 0.690. The summed E-state index contributed by atoms with van der Waals surface area (Å²) in [6.45, 7) is 0. The molecule has 0 bridgehead atoms. The van der Waals surface area contributed by atoms with Crippen LogP contribution in [0.1, 0.15) is 0 Å². The van der Waals surface area contributed by atoms with E-state index in [2.05, 4.69) is 52.1 Å². The number of hydrogen-bond donors (Lipinski definition) is 2. The van der Waals surface area contributed by atoms with E-state index in [1.807, 2.05) is 25.2 Å². The Morgan fingerprint density at radius 3 is 2.78 bits per heavy atom. The summed E-state index contributed by atoms with van der Waals surface area (Å²) in [5, 5.41) is 3.00. The average Bonchev–Trinajstić information content (AvgIpc) is 2.92. The van der Waals surface area contributed by atoms with Gasteiger partial charge in [0.25, 0.3) is 0 Å². The highest BCUT2D eigenvalue weighted by Crippen LogP contribution is 2.37. The van der Waals surface area contributed by atoms with Gasteiger partial charge in [0.2, 0.25) is 0 Å². The molecule has 0 radical (unpaired) electrons. The molecule has 0 aliphatic carbocycles. The van der Waals surface area contributed by atoms with Gasteiger partial charge in [-0.1, -0.05) is 0 Å². The summed E-state index contributed by atoms with van der Waals surface area (Å²) < 4.78 is 2.09. The van der Waals surface area contributed by atoms with Gasteiger partial charge >= 0.3 is 0 Å². The van der Waals surface area contributed by atoms with Gasteiger partial charge in [0.1, 0.15) is 5.82 Å². The topological polar surface area (TPSA) is 53.6 Å². The Morgan fingerprint density at radius 2 is 2.11 bits per heavy atom. The molecular formula is C11H8Br2N4S. The third kappa shape index (κ3) is 2.06. The number of rotatable bonds is 2. The van der Waals surface area contributed by atoms with Crippen molar-refractivity contribution in [2.45, 2.75) is 0 Å². The molecule has 0 amide bonds. The average molecular weight is 388 g/mol. The van der Waals surface area contributed by atoms with Gasteiger partial charge in [-0.05, 0) is 50.1 Å². The minimum absolute atomic E-state index is 0.720. The van der Waals surface area contributed by atoms with Crippen LogP contribution in [0, 0.1) is 0 Å². The number of pyridine rings is 1. The second-order valence-corrected chi connectivity index (χ2v) is 6.86. The maximum Gasteiger partial charge on any atom is 0.180 e. The molecule has 4 nitrogen and oxygen atoms in total. The Labute approximate surface area is 124 Å². The fourth-order valence-corrected chi connectivity index (χ4v) is 3.59. The van der Waals surface area contributed by atoms with Crippen LogP contribution in [0.3, 0.4) is 0 Å². The Kier molecular flexibility index (Phi) is 3.13. The predicted octanol–water partition coefficient (Wildman–Crippen LogP) is 4.25. The number of nitrogens with zero attached hydrogens (tertiary/aromatic N) is 2. The summed E-state index contributed by atoms with van der Waals surface area (Å²) in [4.78, 5) is 13.2. The van der Waals surface area contributed by atoms with Crippen LogP contribution in [0.2, 0.25) is 0 Å². The van der Waals surface area contributed by atoms with Gasteiger partial charge in [0, 0.05) is 11.5 Å². The van der Waals surface area contributed by atoms with Crippen LogP contribution in [-0.2, 0) is 0 Å². The van der Waals surface area contributed by atoms with Gasteiger partial charge in [0.15, 0.2) is 11.5 Å². The molecule has 3 aromatic rings. The molecule has 3 aromatic heterocycles. The molecule has 0 aliphatic rings. The normalized spacial score (nSPS) is 11.1. The van der Waals surface area contributed by atoms with Gasteiger partial charge < -0.3 is 10.3 Å². The van der Waals surface area contributed by atoms with Crippen LogP contribution in [0.5, 0.6) is 0 Å². The molecule has 0 aromatic carbocycles. The first-order valence-corrected chi connectivity index (χ1v) is 7.57. The van der Waals surface area contributed by atoms with E-state index in [-0.39, 0.29) is 0 Å². The fourth-order valence-electron chi connectivity index (χ4n) is 1.61. The number of imidazole rings is 1. The molecule has 18 heavy (non-hydrogen) atoms. The van der Waals surface area contributed by atoms with E-state index >= 15 is 0 Å². The minimum atomic E-state index is 0.720. The summed E-state index contributed by atoms with van der Waals surface area (Å²) in [6, 6.07) is 5.93. The zero-order chi connectivity index (χ0) is 12.7. The molecule has 92 valence electrons. The van der Waals surface area contributed by atoms with Gasteiger partial charge in [0.05, 0.1) is 14.2 Å². The first-order valence-electron chi connectivity index (χ1n) is 5.17. The van der Waals surface area contributed by atoms with E-state index in [1.54, 1.807) is 11.3 Å². The number of H-pyrrole nitrogens is 1. The standard InChI is InChI=1S/C11H8Br2N4S/c1-14-8-3-2-6-10(16-8)17-11(15-6)7-4-5(12)9(13)18-7/h2-4H,1H3,(H2,14,15,16,17). The molecule has 7 heteroatoms. The van der Waals surface area contributed by atoms with Crippen molar-refractivity contribution in [3.8, 4) is 10.7 Å². The van der Waals surface area contributed by atoms with Crippen molar-refractivity contribution < 1.29 is 0 Å². The van der Waals surface area contributed by atoms with E-state index in [0.29, 0.717) is 0 Å². The van der Waals surface area contributed by atoms with Crippen molar-refractivity contribution in [1.29, 1.82) is 0 Å². The number of anilines is 1. The van der Waals surface area contributed by atoms with Crippen LogP contribution >= 0.6 is 43.2 Å². The smallest absolute Gasteiger partial charge is 0.180 e. The maximum atomic E-state index is 4.51. The molecule has 0 spiro atoms. The van der Waals surface area contributed by atoms with E-state index in [4.69, 9.17) is 0 Å². The molecule has 0 atom stereocenters. The number of thiophene rings is 1. The SMILES string of the molecule is CNc1ccc2[nH]c(-c3cc(Br)c(Br)s3)nc2n1. The Balaban J connectivity index is 2.12. The summed E-state index contributed by atoms with van der Waals surface area (Å²) in [5.74, 6) is 1.65. The predicted molar refractivity (Wildman–Crippen MR) is 82.1 cm³/mol. The van der Waals surface area contributed by atoms with Gasteiger partial charge in [-0.2, -0.15) is 0 Å². The second-order valence-electron chi connectivity index (χ2n) is 3.64. The van der Waals surface area contributed by atoms with E-state index < -0.39 is 0 Å². The van der Waals surface area contributed by atoms with Crippen LogP contribution in [0.25, 0.3) is 21.9 Å². The van der Waals surface area contributed by atoms with Gasteiger partial charge in [-0.3, -0.25) is 0 Å². The fraction of sp³-hybridized carbons (Fsp3) is 0.0909. The van der Waals surface area contributed by atoms with E-state index in [1.165, 1.54) is 0 Å². The zero-order valence-corrected chi connectivity index (χ0v) is 13.3. The monoisotopic (exact) mass is 386 g/mol. The van der Waals surface area contributed by atoms with Crippen molar-refractivity contribution in [3.05, 3.63) is 26.5 Å². The van der Waals surface area contributed by atoms with Crippen LogP contribution in [0.15, 0.2) is 26.5 Å². The lowest BCUT2D eigenvalue weighted by Gasteiger charge is -1.95. The number of aromatic nitrogens is 3. The molecule has 3 rings (SSSR count). The highest BCUT2D eigenvalue weighted by atomic mass is 79.9. The molecular weight excluding hydrogens is 380 g/mol. The number of fused-ring (bicyclic) bond motifs is 1. The largest absolute Gasteiger partial charge is 0.373 e. The molecule has 0 aliphatic heterocycles. The maximum absolute atomic E-state index is 4.51. The second kappa shape index (κ2) is 4.64. The number of hydrogen-bond acceptors (Lipinski definition) is 4. The van der Waals surface area contributed by atoms with Gasteiger partial charge in [-0.25, -0.2) is 9.97 Å². The van der Waals surface area contributed by atoms with Crippen molar-refractivity contribution in [3.63, 3.8) is 0 Å². The van der Waals surface area contributed by atoms with Crippen LogP contribution in [0.4, 0.5) is 5.82 Å². The van der Waals surface area contributed by atoms with E-state index in [0.717, 1.165) is 35.9 Å². The zero-order valence-electron chi connectivity index (χ0n) is 9.29. The lowest BCUT2D eigenvalue weighted by atomic mass is 10.4. The lowest BCUT2D eigenvalue weighted by molar-refractivity contribution is 1.29. The number of halogens is 2. The van der Waals surface area contributed by atoms with Crippen molar-refractivity contribution in [1.82, 2.24) is 15.0 Å². The highest BCUT2D eigenvalue weighted by molar-refractivity contribution is 9.13. The third-order valence-electron chi connectivity index (χ3n) is 2.48. The third-order valence-corrected chi connectivity index (χ3v) is 5.74. The van der Waals surface area contributed by atoms with Crippen molar-refractivity contribution in [2.75, 3.05) is 12.4 Å². The first kappa shape index (κ1) is 12.1.